The van der Waals surface area contributed by atoms with Gasteiger partial charge in [-0.1, -0.05) is 79.9 Å². The van der Waals surface area contributed by atoms with Crippen molar-refractivity contribution >= 4 is 17.5 Å². The van der Waals surface area contributed by atoms with Gasteiger partial charge in [-0.05, 0) is 30.7 Å². The van der Waals surface area contributed by atoms with Gasteiger partial charge in [0.2, 0.25) is 0 Å². The topological polar surface area (TPSA) is 46.5 Å². The van der Waals surface area contributed by atoms with Gasteiger partial charge in [-0.25, -0.2) is 0 Å². The summed E-state index contributed by atoms with van der Waals surface area (Å²) in [5.41, 5.74) is 0.563. The molecule has 0 amide bonds. The fourth-order valence-electron chi connectivity index (χ4n) is 2.50. The van der Waals surface area contributed by atoms with Crippen LogP contribution in [0.25, 0.3) is 0 Å². The monoisotopic (exact) mass is 341 g/mol. The second kappa shape index (κ2) is 10.0. The maximum atomic E-state index is 12.4. The normalized spacial score (nSPS) is 11.9. The van der Waals surface area contributed by atoms with Gasteiger partial charge in [0.25, 0.3) is 0 Å². The highest BCUT2D eigenvalue weighted by Gasteiger charge is 2.20. The lowest BCUT2D eigenvalue weighted by molar-refractivity contribution is 0.0956. The third-order valence-corrected chi connectivity index (χ3v) is 4.89. The molecule has 0 bridgehead atoms. The average Bonchev–Trinajstić information content (AvgIpc) is 2.63. The molecule has 126 valence electrons. The second-order valence-electron chi connectivity index (χ2n) is 5.77. The fraction of sp³-hybridized carbons (Fsp3) is 0.350. The van der Waals surface area contributed by atoms with E-state index in [4.69, 9.17) is 0 Å². The maximum absolute atomic E-state index is 12.4. The molecule has 0 aliphatic rings. The Morgan fingerprint density at radius 1 is 0.958 bits per heavy atom. The van der Waals surface area contributed by atoms with Crippen molar-refractivity contribution in [2.24, 2.45) is 5.18 Å². The molecule has 0 saturated carbocycles. The average molecular weight is 341 g/mol. The molecule has 3 nitrogen and oxygen atoms in total. The largest absolute Gasteiger partial charge is 0.292 e. The summed E-state index contributed by atoms with van der Waals surface area (Å²) in [4.78, 5) is 25.6. The van der Waals surface area contributed by atoms with Crippen LogP contribution in [0.3, 0.4) is 0 Å². The van der Waals surface area contributed by atoms with E-state index in [0.717, 1.165) is 35.5 Å². The van der Waals surface area contributed by atoms with E-state index in [1.807, 2.05) is 42.5 Å². The van der Waals surface area contributed by atoms with Gasteiger partial charge in [-0.15, -0.1) is 0 Å². The second-order valence-corrected chi connectivity index (χ2v) is 6.92. The van der Waals surface area contributed by atoms with Crippen molar-refractivity contribution in [1.29, 1.82) is 0 Å². The minimum absolute atomic E-state index is 0.169. The molecule has 0 fully saturated rings. The zero-order chi connectivity index (χ0) is 17.2. The van der Waals surface area contributed by atoms with Crippen LogP contribution in [0.5, 0.6) is 0 Å². The van der Waals surface area contributed by atoms with Crippen LogP contribution in [0.15, 0.2) is 69.6 Å². The van der Waals surface area contributed by atoms with Crippen LogP contribution >= 0.6 is 11.8 Å². The molecule has 0 N–H and O–H groups in total. The van der Waals surface area contributed by atoms with Gasteiger partial charge >= 0.3 is 0 Å². The molecular weight excluding hydrogens is 318 g/mol. The standard InChI is InChI=1S/C20H23NO2S/c1-2-3-4-8-11-19(21-23)20(22)16-12-14-18(15-13-16)24-17-9-6-5-7-10-17/h5-7,9-10,12-15,19H,2-4,8,11H2,1H3. The van der Waals surface area contributed by atoms with Gasteiger partial charge in [-0.2, -0.15) is 4.91 Å². The number of hydrogen-bond acceptors (Lipinski definition) is 4. The first-order chi connectivity index (χ1) is 11.7. The molecular formula is C20H23NO2S. The third kappa shape index (κ3) is 5.60. The molecule has 1 atom stereocenters. The number of carbonyl (C=O) groups excluding carboxylic acids is 1. The molecule has 2 aromatic rings. The van der Waals surface area contributed by atoms with Crippen molar-refractivity contribution in [2.45, 2.75) is 54.9 Å². The molecule has 0 aliphatic carbocycles. The molecule has 24 heavy (non-hydrogen) atoms. The van der Waals surface area contributed by atoms with E-state index in [1.54, 1.807) is 23.9 Å². The zero-order valence-corrected chi connectivity index (χ0v) is 14.8. The Hall–Kier alpha value is -1.94. The summed E-state index contributed by atoms with van der Waals surface area (Å²) < 4.78 is 0. The predicted molar refractivity (Wildman–Crippen MR) is 99.7 cm³/mol. The number of rotatable bonds is 10. The summed E-state index contributed by atoms with van der Waals surface area (Å²) in [7, 11) is 0. The van der Waals surface area contributed by atoms with Crippen LogP contribution in [0.4, 0.5) is 0 Å². The van der Waals surface area contributed by atoms with Crippen LogP contribution < -0.4 is 0 Å². The van der Waals surface area contributed by atoms with Gasteiger partial charge in [0.15, 0.2) is 11.8 Å². The molecule has 0 aromatic heterocycles. The quantitative estimate of drug-likeness (QED) is 0.297. The highest BCUT2D eigenvalue weighted by molar-refractivity contribution is 7.99. The van der Waals surface area contributed by atoms with E-state index >= 15 is 0 Å². The number of nitrogens with zero attached hydrogens (tertiary/aromatic N) is 1. The van der Waals surface area contributed by atoms with Crippen molar-refractivity contribution in [1.82, 2.24) is 0 Å². The Morgan fingerprint density at radius 2 is 1.62 bits per heavy atom. The molecule has 4 heteroatoms. The Morgan fingerprint density at radius 3 is 2.25 bits per heavy atom. The lowest BCUT2D eigenvalue weighted by Gasteiger charge is -2.09. The van der Waals surface area contributed by atoms with Crippen molar-refractivity contribution < 1.29 is 4.79 Å². The molecule has 1 unspecified atom stereocenters. The summed E-state index contributed by atoms with van der Waals surface area (Å²) in [5.74, 6) is -0.169. The van der Waals surface area contributed by atoms with E-state index in [-0.39, 0.29) is 5.78 Å². The lowest BCUT2D eigenvalue weighted by atomic mass is 9.99. The molecule has 0 aliphatic heterocycles. The van der Waals surface area contributed by atoms with Crippen LogP contribution in [-0.2, 0) is 0 Å². The summed E-state index contributed by atoms with van der Waals surface area (Å²) in [6.07, 6.45) is 4.72. The summed E-state index contributed by atoms with van der Waals surface area (Å²) in [5, 5.41) is 3.05. The van der Waals surface area contributed by atoms with Gasteiger partial charge in [-0.3, -0.25) is 4.79 Å². The summed E-state index contributed by atoms with van der Waals surface area (Å²) in [6.45, 7) is 2.13. The molecule has 0 saturated heterocycles. The maximum Gasteiger partial charge on any atom is 0.190 e. The first-order valence-electron chi connectivity index (χ1n) is 8.44. The first-order valence-corrected chi connectivity index (χ1v) is 9.26. The SMILES string of the molecule is CCCCCCC(N=O)C(=O)c1ccc(Sc2ccccc2)cc1. The molecule has 2 aromatic carbocycles. The Bertz CT molecular complexity index is 640. The number of Topliss-reactive ketones (excluding diaryl/α,β-unsaturated/α-hetero) is 1. The van der Waals surface area contributed by atoms with Crippen LogP contribution in [0.2, 0.25) is 0 Å². The molecule has 0 radical (unpaired) electrons. The van der Waals surface area contributed by atoms with E-state index in [2.05, 4.69) is 12.1 Å². The Labute approximate surface area is 147 Å². The predicted octanol–water partition coefficient (Wildman–Crippen LogP) is 6.13. The summed E-state index contributed by atoms with van der Waals surface area (Å²) in [6, 6.07) is 16.7. The first kappa shape index (κ1) is 18.4. The number of hydrogen-bond donors (Lipinski definition) is 0. The minimum Gasteiger partial charge on any atom is -0.292 e. The van der Waals surface area contributed by atoms with Crippen molar-refractivity contribution in [2.75, 3.05) is 0 Å². The van der Waals surface area contributed by atoms with Crippen molar-refractivity contribution in [3.05, 3.63) is 65.1 Å². The lowest BCUT2D eigenvalue weighted by Crippen LogP contribution is -2.18. The molecule has 2 rings (SSSR count). The fourth-order valence-corrected chi connectivity index (χ4v) is 3.34. The van der Waals surface area contributed by atoms with E-state index in [9.17, 15) is 9.70 Å². The highest BCUT2D eigenvalue weighted by Crippen LogP contribution is 2.27. The van der Waals surface area contributed by atoms with Crippen LogP contribution in [0.1, 0.15) is 49.4 Å². The van der Waals surface area contributed by atoms with Crippen LogP contribution in [-0.4, -0.2) is 11.8 Å². The number of benzene rings is 2. The number of unbranched alkanes of at least 4 members (excludes halogenated alkanes) is 3. The number of carbonyl (C=O) groups is 1. The number of ketones is 1. The van der Waals surface area contributed by atoms with Gasteiger partial charge < -0.3 is 0 Å². The van der Waals surface area contributed by atoms with E-state index in [1.165, 1.54) is 0 Å². The third-order valence-electron chi connectivity index (χ3n) is 3.88. The van der Waals surface area contributed by atoms with E-state index < -0.39 is 6.04 Å². The Balaban J connectivity index is 1.95. The smallest absolute Gasteiger partial charge is 0.190 e. The summed E-state index contributed by atoms with van der Waals surface area (Å²) >= 11 is 1.65. The Kier molecular flexibility index (Phi) is 7.69. The van der Waals surface area contributed by atoms with Gasteiger partial charge in [0.05, 0.1) is 0 Å². The van der Waals surface area contributed by atoms with Crippen LogP contribution in [0, 0.1) is 4.91 Å². The number of nitroso groups, excluding NO2 is 1. The highest BCUT2D eigenvalue weighted by atomic mass is 32.2. The van der Waals surface area contributed by atoms with Crippen molar-refractivity contribution in [3.8, 4) is 0 Å². The minimum atomic E-state index is -0.755. The zero-order valence-electron chi connectivity index (χ0n) is 14.0. The van der Waals surface area contributed by atoms with E-state index in [0.29, 0.717) is 12.0 Å². The van der Waals surface area contributed by atoms with Crippen molar-refractivity contribution in [3.63, 3.8) is 0 Å². The van der Waals surface area contributed by atoms with Gasteiger partial charge in [0.1, 0.15) is 0 Å². The molecule has 0 spiro atoms. The molecule has 0 heterocycles. The van der Waals surface area contributed by atoms with Gasteiger partial charge in [0, 0.05) is 15.4 Å².